The molecule has 62 heavy (non-hydrogen) atoms. The van der Waals surface area contributed by atoms with Crippen LogP contribution in [0.25, 0.3) is 22.0 Å². The number of ether oxygens (including phenoxy) is 2. The summed E-state index contributed by atoms with van der Waals surface area (Å²) < 4.78 is 47.5. The molecule has 0 bridgehead atoms. The number of nitrogens with one attached hydrogen (secondary N) is 3. The average molecular weight is 854 g/mol. The molecule has 0 aliphatic heterocycles. The number of carboxylic acid groups (broad SMARTS) is 1. The predicted octanol–water partition coefficient (Wildman–Crippen LogP) is 6.36. The van der Waals surface area contributed by atoms with Crippen LogP contribution in [0, 0.1) is 0 Å². The van der Waals surface area contributed by atoms with Gasteiger partial charge in [-0.25, -0.2) is 4.79 Å². The fraction of sp³-hybridized carbons (Fsp3) is 0.0698. The van der Waals surface area contributed by atoms with Gasteiger partial charge in [0.1, 0.15) is 16.4 Å². The molecule has 310 valence electrons. The number of rotatable bonds is 14. The number of carbonyl (C=O) groups is 4. The Balaban J connectivity index is 1.23. The number of hydrogen-bond donors (Lipinski definition) is 5. The minimum Gasteiger partial charge on any atom is -0.478 e. The lowest BCUT2D eigenvalue weighted by Crippen LogP contribution is -2.29. The van der Waals surface area contributed by atoms with Crippen molar-refractivity contribution >= 4 is 74.0 Å². The number of aromatic carboxylic acids is 1. The van der Waals surface area contributed by atoms with Crippen molar-refractivity contribution in [3.05, 3.63) is 141 Å². The van der Waals surface area contributed by atoms with E-state index in [4.69, 9.17) is 9.47 Å². The largest absolute Gasteiger partial charge is 0.478 e. The number of carbonyl (C=O) groups excluding carboxylic acids is 3. The maximum absolute atomic E-state index is 14.5. The summed E-state index contributed by atoms with van der Waals surface area (Å²) >= 11 is 0. The molecule has 0 unspecified atom stereocenters. The van der Waals surface area contributed by atoms with Gasteiger partial charge in [0.2, 0.25) is 11.9 Å². The second-order valence-corrected chi connectivity index (χ2v) is 15.0. The Kier molecular flexibility index (Phi) is 10.5. The summed E-state index contributed by atoms with van der Waals surface area (Å²) in [5.41, 5.74) is 1.03. The van der Waals surface area contributed by atoms with Crippen LogP contribution in [0.1, 0.15) is 49.1 Å². The standard InChI is InChI=1S/C43H31N7O11S/c1-3-44-41-47-42(49-43(48-41)61-26-18-23(40(55)56)17-25(20-26)60-21-51)46-30-19-24(13-16-32(30)62(57,58)59)45-29-14-15-31-35-33(27-11-7-8-12-28(27)38(53)34(29)35)36(39(54)50(31)2)37(52)22-9-5-4-6-10-22/h4-21,45H,3H2,1-2H3,(H,55,56)(H,57,58,59)(H2,44,46,47,48,49). The van der Waals surface area contributed by atoms with Gasteiger partial charge >= 0.3 is 12.0 Å². The van der Waals surface area contributed by atoms with Crippen LogP contribution in [0.3, 0.4) is 0 Å². The first-order valence-corrected chi connectivity index (χ1v) is 19.9. The summed E-state index contributed by atoms with van der Waals surface area (Å²) in [6.45, 7) is 2.17. The molecule has 5 N–H and O–H groups in total. The van der Waals surface area contributed by atoms with Gasteiger partial charge < -0.3 is 35.1 Å². The van der Waals surface area contributed by atoms with Crippen molar-refractivity contribution in [3.63, 3.8) is 0 Å². The third-order valence-corrected chi connectivity index (χ3v) is 10.7. The molecule has 7 aromatic rings. The Bertz CT molecular complexity index is 3210. The molecule has 8 rings (SSSR count). The summed E-state index contributed by atoms with van der Waals surface area (Å²) in [5, 5.41) is 18.7. The van der Waals surface area contributed by atoms with Crippen molar-refractivity contribution < 1.29 is 46.7 Å². The number of ketones is 2. The molecular formula is C43H31N7O11S. The van der Waals surface area contributed by atoms with E-state index in [-0.39, 0.29) is 74.7 Å². The van der Waals surface area contributed by atoms with Gasteiger partial charge in [0.15, 0.2) is 11.6 Å². The van der Waals surface area contributed by atoms with E-state index in [2.05, 4.69) is 30.9 Å². The van der Waals surface area contributed by atoms with E-state index in [1.165, 1.54) is 29.8 Å². The van der Waals surface area contributed by atoms with Crippen molar-refractivity contribution in [1.29, 1.82) is 0 Å². The van der Waals surface area contributed by atoms with Gasteiger partial charge in [-0.05, 0) is 55.0 Å². The highest BCUT2D eigenvalue weighted by atomic mass is 32.2. The van der Waals surface area contributed by atoms with Crippen LogP contribution in [0.4, 0.5) is 29.0 Å². The topological polar surface area (TPSA) is 258 Å². The van der Waals surface area contributed by atoms with E-state index in [0.29, 0.717) is 28.6 Å². The number of hydrogen-bond acceptors (Lipinski definition) is 15. The summed E-state index contributed by atoms with van der Waals surface area (Å²) in [5.74, 6) is -2.90. The van der Waals surface area contributed by atoms with Crippen LogP contribution < -0.4 is 31.0 Å². The number of carboxylic acids is 1. The van der Waals surface area contributed by atoms with Crippen molar-refractivity contribution in [2.45, 2.75) is 11.8 Å². The van der Waals surface area contributed by atoms with Gasteiger partial charge in [-0.3, -0.25) is 23.7 Å². The Morgan fingerprint density at radius 3 is 2.21 bits per heavy atom. The molecule has 0 fully saturated rings. The average Bonchev–Trinajstić information content (AvgIpc) is 3.24. The lowest BCUT2D eigenvalue weighted by atomic mass is 9.80. The predicted molar refractivity (Wildman–Crippen MR) is 225 cm³/mol. The maximum Gasteiger partial charge on any atom is 0.335 e. The zero-order valence-electron chi connectivity index (χ0n) is 32.4. The molecule has 0 spiro atoms. The SMILES string of the molecule is CCNc1nc(Nc2cc(Nc3ccc4c5c3C(=O)c3ccccc3-c5c(C(=O)c3ccccc3)c(=O)n4C)ccc2S(=O)(=O)O)nc(Oc2cc(OC=O)cc(C(=O)O)c2)n1. The number of fused-ring (bicyclic) bond motifs is 2. The molecule has 19 heteroatoms. The third-order valence-electron chi connectivity index (χ3n) is 9.75. The second kappa shape index (κ2) is 16.0. The molecule has 18 nitrogen and oxygen atoms in total. The van der Waals surface area contributed by atoms with Gasteiger partial charge in [-0.1, -0.05) is 54.6 Å². The number of pyridine rings is 1. The second-order valence-electron chi connectivity index (χ2n) is 13.6. The zero-order chi connectivity index (χ0) is 43.9. The molecule has 0 atom stereocenters. The molecule has 0 radical (unpaired) electrons. The first-order chi connectivity index (χ1) is 29.7. The lowest BCUT2D eigenvalue weighted by Gasteiger charge is -2.25. The molecule has 1 aliphatic rings. The fourth-order valence-corrected chi connectivity index (χ4v) is 7.73. The summed E-state index contributed by atoms with van der Waals surface area (Å²) in [4.78, 5) is 77.4. The molecule has 0 amide bonds. The van der Waals surface area contributed by atoms with E-state index in [9.17, 15) is 42.0 Å². The Hall–Kier alpha value is -8.29. The minimum absolute atomic E-state index is 0.0502. The number of aryl methyl sites for hydroxylation is 1. The highest BCUT2D eigenvalue weighted by Gasteiger charge is 2.34. The van der Waals surface area contributed by atoms with Crippen molar-refractivity contribution in [2.24, 2.45) is 7.05 Å². The van der Waals surface area contributed by atoms with E-state index in [1.54, 1.807) is 73.7 Å². The number of benzene rings is 5. The van der Waals surface area contributed by atoms with Crippen molar-refractivity contribution in [2.75, 3.05) is 22.5 Å². The molecular weight excluding hydrogens is 823 g/mol. The van der Waals surface area contributed by atoms with Gasteiger partial charge in [-0.2, -0.15) is 23.4 Å². The fourth-order valence-electron chi connectivity index (χ4n) is 7.11. The normalized spacial score (nSPS) is 11.7. The molecule has 2 heterocycles. The molecule has 2 aromatic heterocycles. The minimum atomic E-state index is -4.90. The van der Waals surface area contributed by atoms with E-state index in [0.717, 1.165) is 18.2 Å². The Morgan fingerprint density at radius 1 is 0.790 bits per heavy atom. The van der Waals surface area contributed by atoms with Crippen LogP contribution in [0.2, 0.25) is 0 Å². The van der Waals surface area contributed by atoms with Crippen molar-refractivity contribution in [1.82, 2.24) is 19.5 Å². The van der Waals surface area contributed by atoms with Gasteiger partial charge in [0.05, 0.1) is 33.6 Å². The van der Waals surface area contributed by atoms with Gasteiger partial charge in [-0.15, -0.1) is 0 Å². The monoisotopic (exact) mass is 853 g/mol. The maximum atomic E-state index is 14.5. The van der Waals surface area contributed by atoms with Crippen LogP contribution in [-0.4, -0.2) is 68.1 Å². The molecule has 0 saturated carbocycles. The highest BCUT2D eigenvalue weighted by Crippen LogP contribution is 2.44. The smallest absolute Gasteiger partial charge is 0.335 e. The van der Waals surface area contributed by atoms with Crippen LogP contribution in [0.15, 0.2) is 113 Å². The summed E-state index contributed by atoms with van der Waals surface area (Å²) in [6.07, 6.45) is 0. The van der Waals surface area contributed by atoms with E-state index in [1.807, 2.05) is 0 Å². The van der Waals surface area contributed by atoms with Gasteiger partial charge in [0, 0.05) is 47.4 Å². The molecule has 1 aliphatic carbocycles. The molecule has 5 aromatic carbocycles. The Morgan fingerprint density at radius 2 is 1.50 bits per heavy atom. The first kappa shape index (κ1) is 40.5. The van der Waals surface area contributed by atoms with Crippen LogP contribution in [-0.2, 0) is 22.0 Å². The van der Waals surface area contributed by atoms with Crippen LogP contribution in [0.5, 0.6) is 17.5 Å². The number of anilines is 5. The van der Waals surface area contributed by atoms with E-state index >= 15 is 0 Å². The highest BCUT2D eigenvalue weighted by molar-refractivity contribution is 7.86. The van der Waals surface area contributed by atoms with Crippen LogP contribution >= 0.6 is 0 Å². The number of nitrogens with zero attached hydrogens (tertiary/aromatic N) is 4. The van der Waals surface area contributed by atoms with Crippen molar-refractivity contribution in [3.8, 4) is 28.6 Å². The lowest BCUT2D eigenvalue weighted by molar-refractivity contribution is -0.120. The quantitative estimate of drug-likeness (QED) is 0.0453. The van der Waals surface area contributed by atoms with Gasteiger partial charge in [0.25, 0.3) is 22.1 Å². The summed E-state index contributed by atoms with van der Waals surface area (Å²) in [7, 11) is -3.38. The summed E-state index contributed by atoms with van der Waals surface area (Å²) in [6, 6.07) is 25.0. The number of aromatic nitrogens is 4. The van der Waals surface area contributed by atoms with E-state index < -0.39 is 44.1 Å². The zero-order valence-corrected chi connectivity index (χ0v) is 33.2. The first-order valence-electron chi connectivity index (χ1n) is 18.5. The molecule has 0 saturated heterocycles. The third kappa shape index (κ3) is 7.55. The Labute approximate surface area is 350 Å².